The fraction of sp³-hybridized carbons (Fsp3) is 0.286. The van der Waals surface area contributed by atoms with Gasteiger partial charge in [0, 0.05) is 37.0 Å². The Hall–Kier alpha value is -0.520. The molecule has 0 radical (unpaired) electrons. The van der Waals surface area contributed by atoms with Gasteiger partial charge < -0.3 is 4.90 Å². The predicted octanol–water partition coefficient (Wildman–Crippen LogP) is 1.73. The zero-order chi connectivity index (χ0) is 10.9. The number of hydrogen-bond acceptors (Lipinski definition) is 4. The number of rotatable bonds is 2. The molecule has 0 aliphatic rings. The van der Waals surface area contributed by atoms with E-state index < -0.39 is 9.05 Å². The maximum Gasteiger partial charge on any atom is 0.278 e. The highest BCUT2D eigenvalue weighted by atomic mass is 35.7. The molecule has 7 heteroatoms. The summed E-state index contributed by atoms with van der Waals surface area (Å²) in [5.41, 5.74) is 0.556. The molecule has 1 aromatic rings. The van der Waals surface area contributed by atoms with E-state index in [1.54, 1.807) is 19.0 Å². The average molecular weight is 255 g/mol. The van der Waals surface area contributed by atoms with E-state index in [-0.39, 0.29) is 5.03 Å². The molecule has 0 aliphatic heterocycles. The number of halogens is 2. The van der Waals surface area contributed by atoms with Gasteiger partial charge in [-0.1, -0.05) is 11.6 Å². The number of anilines is 1. The summed E-state index contributed by atoms with van der Waals surface area (Å²) in [5, 5.41) is 0.173. The van der Waals surface area contributed by atoms with Crippen LogP contribution < -0.4 is 4.90 Å². The lowest BCUT2D eigenvalue weighted by Gasteiger charge is -2.14. The minimum atomic E-state index is -3.80. The molecule has 1 aromatic heterocycles. The fourth-order valence-electron chi connectivity index (χ4n) is 0.886. The van der Waals surface area contributed by atoms with Gasteiger partial charge in [-0.15, -0.1) is 0 Å². The second-order valence-corrected chi connectivity index (χ2v) is 5.73. The van der Waals surface area contributed by atoms with Crippen molar-refractivity contribution in [3.05, 3.63) is 17.3 Å². The zero-order valence-electron chi connectivity index (χ0n) is 7.53. The summed E-state index contributed by atoms with van der Waals surface area (Å²) in [4.78, 5) is 5.29. The molecule has 0 bridgehead atoms. The van der Waals surface area contributed by atoms with Crippen LogP contribution in [-0.2, 0) is 9.05 Å². The Morgan fingerprint density at radius 3 is 2.43 bits per heavy atom. The molecule has 0 atom stereocenters. The normalized spacial score (nSPS) is 11.4. The molecule has 0 saturated carbocycles. The second-order valence-electron chi connectivity index (χ2n) is 2.81. The Kier molecular flexibility index (Phi) is 3.24. The van der Waals surface area contributed by atoms with Crippen LogP contribution in [0.1, 0.15) is 0 Å². The predicted molar refractivity (Wildman–Crippen MR) is 56.6 cm³/mol. The molecule has 0 aliphatic carbocycles. The van der Waals surface area contributed by atoms with E-state index in [2.05, 4.69) is 4.98 Å². The van der Waals surface area contributed by atoms with E-state index in [1.807, 2.05) is 0 Å². The van der Waals surface area contributed by atoms with Gasteiger partial charge >= 0.3 is 0 Å². The van der Waals surface area contributed by atoms with Crippen molar-refractivity contribution in [3.63, 3.8) is 0 Å². The molecular formula is C7H8Cl2N2O2S. The Morgan fingerprint density at radius 2 is 2.00 bits per heavy atom. The summed E-state index contributed by atoms with van der Waals surface area (Å²) >= 11 is 5.80. The van der Waals surface area contributed by atoms with Gasteiger partial charge in [0.1, 0.15) is 0 Å². The Balaban J connectivity index is 3.34. The SMILES string of the molecule is CN(C)c1cc(S(=O)(=O)Cl)ncc1Cl. The number of pyridine rings is 1. The quantitative estimate of drug-likeness (QED) is 0.755. The van der Waals surface area contributed by atoms with Crippen molar-refractivity contribution in [3.8, 4) is 0 Å². The standard InChI is InChI=1S/C7H8Cl2N2O2S/c1-11(2)6-3-7(14(9,12)13)10-4-5(6)8/h3-4H,1-2H3. The van der Waals surface area contributed by atoms with Crippen LogP contribution in [0.3, 0.4) is 0 Å². The topological polar surface area (TPSA) is 50.3 Å². The Labute approximate surface area is 91.9 Å². The van der Waals surface area contributed by atoms with Crippen LogP contribution in [0.2, 0.25) is 5.02 Å². The fourth-order valence-corrected chi connectivity index (χ4v) is 1.84. The van der Waals surface area contributed by atoms with E-state index in [1.165, 1.54) is 12.3 Å². The third-order valence-electron chi connectivity index (χ3n) is 1.54. The Bertz CT molecular complexity index is 445. The van der Waals surface area contributed by atoms with E-state index in [0.717, 1.165) is 0 Å². The van der Waals surface area contributed by atoms with Gasteiger partial charge in [-0.25, -0.2) is 13.4 Å². The number of hydrogen-bond donors (Lipinski definition) is 0. The van der Waals surface area contributed by atoms with Gasteiger partial charge in [0.2, 0.25) is 0 Å². The van der Waals surface area contributed by atoms with Crippen LogP contribution in [0.4, 0.5) is 5.69 Å². The second kappa shape index (κ2) is 3.92. The van der Waals surface area contributed by atoms with Crippen LogP contribution in [0.25, 0.3) is 0 Å². The minimum absolute atomic E-state index is 0.202. The van der Waals surface area contributed by atoms with Crippen molar-refractivity contribution in [1.29, 1.82) is 0 Å². The highest BCUT2D eigenvalue weighted by molar-refractivity contribution is 8.13. The number of nitrogens with zero attached hydrogens (tertiary/aromatic N) is 2. The average Bonchev–Trinajstić information content (AvgIpc) is 2.02. The summed E-state index contributed by atoms with van der Waals surface area (Å²) < 4.78 is 21.9. The van der Waals surface area contributed by atoms with Gasteiger partial charge in [0.15, 0.2) is 5.03 Å². The monoisotopic (exact) mass is 254 g/mol. The van der Waals surface area contributed by atoms with Crippen LogP contribution >= 0.6 is 22.3 Å². The summed E-state index contributed by atoms with van der Waals surface area (Å²) in [6, 6.07) is 1.32. The third kappa shape index (κ3) is 2.50. The van der Waals surface area contributed by atoms with E-state index in [4.69, 9.17) is 22.3 Å². The number of aromatic nitrogens is 1. The van der Waals surface area contributed by atoms with Gasteiger partial charge in [-0.05, 0) is 0 Å². The van der Waals surface area contributed by atoms with Gasteiger partial charge in [0.25, 0.3) is 9.05 Å². The van der Waals surface area contributed by atoms with E-state index >= 15 is 0 Å². The summed E-state index contributed by atoms with van der Waals surface area (Å²) in [6.45, 7) is 0. The first-order chi connectivity index (χ1) is 6.32. The first-order valence-corrected chi connectivity index (χ1v) is 6.28. The molecule has 0 spiro atoms. The lowest BCUT2D eigenvalue weighted by atomic mass is 10.4. The Morgan fingerprint density at radius 1 is 1.43 bits per heavy atom. The molecular weight excluding hydrogens is 247 g/mol. The molecule has 1 heterocycles. The van der Waals surface area contributed by atoms with Gasteiger partial charge in [-0.3, -0.25) is 0 Å². The lowest BCUT2D eigenvalue weighted by Crippen LogP contribution is -2.10. The van der Waals surface area contributed by atoms with E-state index in [9.17, 15) is 8.42 Å². The first kappa shape index (κ1) is 11.6. The van der Waals surface area contributed by atoms with Crippen molar-refractivity contribution in [2.45, 2.75) is 5.03 Å². The molecule has 78 valence electrons. The van der Waals surface area contributed by atoms with Crippen molar-refractivity contribution in [2.24, 2.45) is 0 Å². The molecule has 0 unspecified atom stereocenters. The van der Waals surface area contributed by atoms with Gasteiger partial charge in [-0.2, -0.15) is 0 Å². The highest BCUT2D eigenvalue weighted by Crippen LogP contribution is 2.26. The van der Waals surface area contributed by atoms with Crippen LogP contribution in [0, 0.1) is 0 Å². The molecule has 0 aromatic carbocycles. The van der Waals surface area contributed by atoms with Crippen molar-refractivity contribution >= 4 is 37.0 Å². The van der Waals surface area contributed by atoms with Crippen LogP contribution in [0.5, 0.6) is 0 Å². The summed E-state index contributed by atoms with van der Waals surface area (Å²) in [6.07, 6.45) is 1.26. The molecule has 4 nitrogen and oxygen atoms in total. The molecule has 1 rings (SSSR count). The highest BCUT2D eigenvalue weighted by Gasteiger charge is 2.14. The lowest BCUT2D eigenvalue weighted by molar-refractivity contribution is 0.606. The maximum absolute atomic E-state index is 11.0. The zero-order valence-corrected chi connectivity index (χ0v) is 9.86. The third-order valence-corrected chi connectivity index (χ3v) is 3.03. The van der Waals surface area contributed by atoms with Gasteiger partial charge in [0.05, 0.1) is 10.7 Å². The molecule has 0 amide bonds. The molecule has 0 saturated heterocycles. The molecule has 0 N–H and O–H groups in total. The van der Waals surface area contributed by atoms with Crippen molar-refractivity contribution in [2.75, 3.05) is 19.0 Å². The minimum Gasteiger partial charge on any atom is -0.376 e. The van der Waals surface area contributed by atoms with Crippen molar-refractivity contribution in [1.82, 2.24) is 4.98 Å². The molecule has 0 fully saturated rings. The van der Waals surface area contributed by atoms with E-state index in [0.29, 0.717) is 10.7 Å². The molecule has 14 heavy (non-hydrogen) atoms. The summed E-state index contributed by atoms with van der Waals surface area (Å²) in [7, 11) is 4.82. The van der Waals surface area contributed by atoms with Crippen LogP contribution in [0.15, 0.2) is 17.3 Å². The first-order valence-electron chi connectivity index (χ1n) is 3.60. The summed E-state index contributed by atoms with van der Waals surface area (Å²) in [5.74, 6) is 0. The van der Waals surface area contributed by atoms with Crippen LogP contribution in [-0.4, -0.2) is 27.5 Å². The maximum atomic E-state index is 11.0. The van der Waals surface area contributed by atoms with Crippen molar-refractivity contribution < 1.29 is 8.42 Å². The largest absolute Gasteiger partial charge is 0.376 e. The smallest absolute Gasteiger partial charge is 0.278 e.